The first-order valence-corrected chi connectivity index (χ1v) is 11.1. The van der Waals surface area contributed by atoms with Gasteiger partial charge in [-0.15, -0.1) is 0 Å². The molecule has 1 amide bonds. The van der Waals surface area contributed by atoms with Gasteiger partial charge in [-0.2, -0.15) is 11.3 Å². The number of nitrogens with zero attached hydrogens (tertiary/aromatic N) is 3. The molecule has 2 aromatic heterocycles. The van der Waals surface area contributed by atoms with Crippen LogP contribution < -0.4 is 15.1 Å². The number of rotatable bonds is 6. The average molecular weight is 419 g/mol. The number of thiophene rings is 1. The predicted octanol–water partition coefficient (Wildman–Crippen LogP) is 4.36. The average Bonchev–Trinajstić information content (AvgIpc) is 3.32. The lowest BCUT2D eigenvalue weighted by molar-refractivity contribution is -0.117. The molecule has 0 saturated carbocycles. The molecule has 1 aromatic carbocycles. The highest BCUT2D eigenvalue weighted by Crippen LogP contribution is 2.23. The first kappa shape index (κ1) is 20.2. The Hall–Kier alpha value is -3.12. The highest BCUT2D eigenvalue weighted by atomic mass is 32.1. The van der Waals surface area contributed by atoms with Crippen molar-refractivity contribution in [3.63, 3.8) is 0 Å². The van der Waals surface area contributed by atoms with Crippen molar-refractivity contribution in [1.29, 1.82) is 0 Å². The summed E-state index contributed by atoms with van der Waals surface area (Å²) in [5, 5.41) is 7.08. The van der Waals surface area contributed by atoms with Gasteiger partial charge in [-0.3, -0.25) is 4.79 Å². The number of amides is 1. The van der Waals surface area contributed by atoms with E-state index in [0.717, 1.165) is 43.1 Å². The minimum Gasteiger partial charge on any atom is -0.368 e. The second-order valence-electron chi connectivity index (χ2n) is 7.38. The fourth-order valence-electron chi connectivity index (χ4n) is 3.61. The summed E-state index contributed by atoms with van der Waals surface area (Å²) in [6.07, 6.45) is 5.28. The molecule has 1 atom stereocenters. The fourth-order valence-corrected chi connectivity index (χ4v) is 4.24. The molecule has 0 radical (unpaired) electrons. The van der Waals surface area contributed by atoms with E-state index in [1.165, 1.54) is 5.69 Å². The summed E-state index contributed by atoms with van der Waals surface area (Å²) in [5.74, 6) is 0.959. The number of piperazine rings is 1. The second kappa shape index (κ2) is 9.59. The summed E-state index contributed by atoms with van der Waals surface area (Å²) in [4.78, 5) is 21.4. The van der Waals surface area contributed by atoms with Crippen molar-refractivity contribution < 1.29 is 4.79 Å². The third kappa shape index (κ3) is 5.07. The van der Waals surface area contributed by atoms with Crippen LogP contribution in [0.4, 0.5) is 11.5 Å². The summed E-state index contributed by atoms with van der Waals surface area (Å²) in [7, 11) is 0. The Kier molecular flexibility index (Phi) is 6.44. The number of anilines is 2. The summed E-state index contributed by atoms with van der Waals surface area (Å²) >= 11 is 1.62. The van der Waals surface area contributed by atoms with Crippen molar-refractivity contribution >= 4 is 34.8 Å². The Labute approximate surface area is 181 Å². The second-order valence-corrected chi connectivity index (χ2v) is 8.16. The normalized spacial score (nSPS) is 15.4. The van der Waals surface area contributed by atoms with Gasteiger partial charge >= 0.3 is 0 Å². The first-order chi connectivity index (χ1) is 14.7. The van der Waals surface area contributed by atoms with Crippen LogP contribution in [0.3, 0.4) is 0 Å². The lowest BCUT2D eigenvalue weighted by atomic mass is 10.1. The maximum atomic E-state index is 12.3. The van der Waals surface area contributed by atoms with Crippen molar-refractivity contribution in [2.75, 3.05) is 36.0 Å². The van der Waals surface area contributed by atoms with Crippen LogP contribution in [0, 0.1) is 0 Å². The zero-order valence-corrected chi connectivity index (χ0v) is 17.9. The molecular weight excluding hydrogens is 392 g/mol. The van der Waals surface area contributed by atoms with E-state index in [-0.39, 0.29) is 11.9 Å². The number of aromatic nitrogens is 1. The first-order valence-electron chi connectivity index (χ1n) is 10.2. The van der Waals surface area contributed by atoms with E-state index in [0.29, 0.717) is 0 Å². The van der Waals surface area contributed by atoms with Crippen molar-refractivity contribution in [3.05, 3.63) is 82.7 Å². The van der Waals surface area contributed by atoms with E-state index in [2.05, 4.69) is 50.4 Å². The quantitative estimate of drug-likeness (QED) is 0.604. The molecule has 0 unspecified atom stereocenters. The van der Waals surface area contributed by atoms with E-state index in [4.69, 9.17) is 0 Å². The van der Waals surface area contributed by atoms with Crippen LogP contribution in [-0.2, 0) is 4.79 Å². The van der Waals surface area contributed by atoms with E-state index in [1.54, 1.807) is 17.4 Å². The van der Waals surface area contributed by atoms with Crippen molar-refractivity contribution in [3.8, 4) is 0 Å². The van der Waals surface area contributed by atoms with Gasteiger partial charge in [-0.05, 0) is 65.2 Å². The Morgan fingerprint density at radius 3 is 2.67 bits per heavy atom. The number of benzene rings is 1. The molecule has 1 fully saturated rings. The summed E-state index contributed by atoms with van der Waals surface area (Å²) in [5.41, 5.74) is 3.36. The number of hydrogen-bond acceptors (Lipinski definition) is 5. The molecule has 4 rings (SSSR count). The number of carbonyl (C=O) groups is 1. The minimum atomic E-state index is -0.0805. The van der Waals surface area contributed by atoms with Crippen LogP contribution in [0.5, 0.6) is 0 Å². The lowest BCUT2D eigenvalue weighted by Crippen LogP contribution is -2.46. The van der Waals surface area contributed by atoms with Gasteiger partial charge in [-0.25, -0.2) is 4.98 Å². The van der Waals surface area contributed by atoms with Crippen LogP contribution in [0.2, 0.25) is 0 Å². The van der Waals surface area contributed by atoms with Gasteiger partial charge in [0.25, 0.3) is 0 Å². The van der Waals surface area contributed by atoms with Crippen LogP contribution >= 0.6 is 11.3 Å². The number of pyridine rings is 1. The van der Waals surface area contributed by atoms with E-state index in [9.17, 15) is 4.79 Å². The molecule has 1 aliphatic rings. The molecule has 0 bridgehead atoms. The number of carbonyl (C=O) groups excluding carboxylic acids is 1. The summed E-state index contributed by atoms with van der Waals surface area (Å²) in [6.45, 7) is 5.81. The molecule has 0 spiro atoms. The van der Waals surface area contributed by atoms with Crippen LogP contribution in [0.25, 0.3) is 6.08 Å². The third-order valence-corrected chi connectivity index (χ3v) is 6.02. The molecule has 1 aliphatic heterocycles. The van der Waals surface area contributed by atoms with Gasteiger partial charge < -0.3 is 15.1 Å². The summed E-state index contributed by atoms with van der Waals surface area (Å²) < 4.78 is 0. The largest absolute Gasteiger partial charge is 0.368 e. The number of hydrogen-bond donors (Lipinski definition) is 1. The van der Waals surface area contributed by atoms with Gasteiger partial charge in [0.15, 0.2) is 0 Å². The van der Waals surface area contributed by atoms with Crippen molar-refractivity contribution in [1.82, 2.24) is 10.3 Å². The highest BCUT2D eigenvalue weighted by Gasteiger charge is 2.19. The maximum absolute atomic E-state index is 12.3. The van der Waals surface area contributed by atoms with Crippen LogP contribution in [0.15, 0.2) is 71.6 Å². The lowest BCUT2D eigenvalue weighted by Gasteiger charge is -2.37. The summed E-state index contributed by atoms with van der Waals surface area (Å²) in [6, 6.07) is 16.4. The van der Waals surface area contributed by atoms with E-state index < -0.39 is 0 Å². The SMILES string of the molecule is C[C@H](NC(=O)C=Cc1ccsc1)c1cccc(N2CCN(c3ccccn3)CC2)c1. The molecule has 3 aromatic rings. The zero-order chi connectivity index (χ0) is 20.8. The monoisotopic (exact) mass is 418 g/mol. The van der Waals surface area contributed by atoms with E-state index >= 15 is 0 Å². The van der Waals surface area contributed by atoms with Crippen LogP contribution in [-0.4, -0.2) is 37.1 Å². The van der Waals surface area contributed by atoms with Gasteiger partial charge in [0, 0.05) is 44.1 Å². The van der Waals surface area contributed by atoms with Gasteiger partial charge in [0.05, 0.1) is 6.04 Å². The van der Waals surface area contributed by atoms with Gasteiger partial charge in [-0.1, -0.05) is 18.2 Å². The molecular formula is C24H26N4OS. The molecule has 30 heavy (non-hydrogen) atoms. The molecule has 1 saturated heterocycles. The van der Waals surface area contributed by atoms with Gasteiger partial charge in [0.1, 0.15) is 5.82 Å². The predicted molar refractivity (Wildman–Crippen MR) is 125 cm³/mol. The Balaban J connectivity index is 1.35. The number of nitrogens with one attached hydrogen (secondary N) is 1. The van der Waals surface area contributed by atoms with Crippen molar-refractivity contribution in [2.24, 2.45) is 0 Å². The van der Waals surface area contributed by atoms with E-state index in [1.807, 2.05) is 48.2 Å². The Morgan fingerprint density at radius 2 is 1.93 bits per heavy atom. The Morgan fingerprint density at radius 1 is 1.10 bits per heavy atom. The smallest absolute Gasteiger partial charge is 0.244 e. The molecule has 6 heteroatoms. The molecule has 0 aliphatic carbocycles. The van der Waals surface area contributed by atoms with Crippen molar-refractivity contribution in [2.45, 2.75) is 13.0 Å². The standard InChI is InChI=1S/C24H26N4OS/c1-19(26-24(29)9-8-20-10-16-30-18-20)21-5-4-6-22(17-21)27-12-14-28(15-13-27)23-7-2-3-11-25-23/h2-11,16-19H,12-15H2,1H3,(H,26,29)/t19-/m0/s1. The Bertz CT molecular complexity index is 979. The zero-order valence-electron chi connectivity index (χ0n) is 17.1. The third-order valence-electron chi connectivity index (χ3n) is 5.32. The molecule has 1 N–H and O–H groups in total. The molecule has 5 nitrogen and oxygen atoms in total. The topological polar surface area (TPSA) is 48.5 Å². The highest BCUT2D eigenvalue weighted by molar-refractivity contribution is 7.08. The molecule has 154 valence electrons. The van der Waals surface area contributed by atoms with Crippen LogP contribution in [0.1, 0.15) is 24.1 Å². The molecule has 3 heterocycles. The van der Waals surface area contributed by atoms with Gasteiger partial charge in [0.2, 0.25) is 5.91 Å². The minimum absolute atomic E-state index is 0.0561. The maximum Gasteiger partial charge on any atom is 0.244 e. The fraction of sp³-hybridized carbons (Fsp3) is 0.250.